The Balaban J connectivity index is 2.83. The lowest BCUT2D eigenvalue weighted by molar-refractivity contribution is 0.580. The molecule has 0 aromatic heterocycles. The Bertz CT molecular complexity index is 345. The van der Waals surface area contributed by atoms with E-state index in [1.165, 1.54) is 28.4 Å². The highest BCUT2D eigenvalue weighted by atomic mass is 79.9. The fourth-order valence-electron chi connectivity index (χ4n) is 1.78. The van der Waals surface area contributed by atoms with Crippen LogP contribution in [0.1, 0.15) is 52.2 Å². The van der Waals surface area contributed by atoms with E-state index in [1.807, 2.05) is 0 Å². The van der Waals surface area contributed by atoms with Gasteiger partial charge in [0.15, 0.2) is 0 Å². The Morgan fingerprint density at radius 3 is 2.25 bits per heavy atom. The molecule has 0 nitrogen and oxygen atoms in total. The molecular formula is C15H23Br. The Hall–Kier alpha value is -0.300. The molecule has 1 aromatic rings. The number of rotatable bonds is 3. The molecule has 0 aliphatic carbocycles. The average Bonchev–Trinajstić information content (AvgIpc) is 2.12. The van der Waals surface area contributed by atoms with E-state index in [9.17, 15) is 0 Å². The molecule has 0 atom stereocenters. The lowest BCUT2D eigenvalue weighted by Gasteiger charge is -2.21. The summed E-state index contributed by atoms with van der Waals surface area (Å²) in [5.41, 5.74) is 3.05. The van der Waals surface area contributed by atoms with Crippen molar-refractivity contribution in [1.82, 2.24) is 0 Å². The van der Waals surface area contributed by atoms with Gasteiger partial charge in [0.25, 0.3) is 0 Å². The molecule has 0 bridgehead atoms. The van der Waals surface area contributed by atoms with Crippen LogP contribution in [0.15, 0.2) is 22.7 Å². The second kappa shape index (κ2) is 5.35. The predicted molar refractivity (Wildman–Crippen MR) is 76.0 cm³/mol. The number of aryl methyl sites for hydroxylation is 1. The van der Waals surface area contributed by atoms with Gasteiger partial charge in [0.1, 0.15) is 0 Å². The number of hydrogen-bond donors (Lipinski definition) is 0. The first kappa shape index (κ1) is 13.8. The molecule has 0 aliphatic rings. The lowest BCUT2D eigenvalue weighted by Crippen LogP contribution is -2.12. The van der Waals surface area contributed by atoms with Gasteiger partial charge in [0, 0.05) is 4.47 Å². The summed E-state index contributed by atoms with van der Waals surface area (Å²) in [5, 5.41) is 0. The number of hydrogen-bond acceptors (Lipinski definition) is 0. The first-order valence-electron chi connectivity index (χ1n) is 6.09. The Morgan fingerprint density at radius 2 is 1.81 bits per heavy atom. The molecule has 90 valence electrons. The Labute approximate surface area is 109 Å². The molecule has 0 N–H and O–H groups in total. The fourth-order valence-corrected chi connectivity index (χ4v) is 2.80. The molecular weight excluding hydrogens is 260 g/mol. The van der Waals surface area contributed by atoms with Crippen LogP contribution in [0.3, 0.4) is 0 Å². The summed E-state index contributed by atoms with van der Waals surface area (Å²) >= 11 is 3.69. The summed E-state index contributed by atoms with van der Waals surface area (Å²) in [4.78, 5) is 0. The SMILES string of the molecule is CC(C)CCc1ccc(C(C)(C)C)c(Br)c1. The maximum absolute atomic E-state index is 3.69. The van der Waals surface area contributed by atoms with E-state index in [-0.39, 0.29) is 5.41 Å². The molecule has 0 spiro atoms. The van der Waals surface area contributed by atoms with E-state index in [2.05, 4.69) is 68.7 Å². The van der Waals surface area contributed by atoms with E-state index in [0.29, 0.717) is 0 Å². The van der Waals surface area contributed by atoms with Crippen LogP contribution in [0.2, 0.25) is 0 Å². The summed E-state index contributed by atoms with van der Waals surface area (Å²) in [7, 11) is 0. The fraction of sp³-hybridized carbons (Fsp3) is 0.600. The van der Waals surface area contributed by atoms with Gasteiger partial charge in [-0.25, -0.2) is 0 Å². The average molecular weight is 283 g/mol. The van der Waals surface area contributed by atoms with Crippen molar-refractivity contribution in [2.24, 2.45) is 5.92 Å². The minimum Gasteiger partial charge on any atom is -0.0628 e. The van der Waals surface area contributed by atoms with Crippen molar-refractivity contribution in [2.45, 2.75) is 52.9 Å². The van der Waals surface area contributed by atoms with Crippen molar-refractivity contribution in [3.8, 4) is 0 Å². The molecule has 0 aliphatic heterocycles. The zero-order valence-corrected chi connectivity index (χ0v) is 12.7. The van der Waals surface area contributed by atoms with Gasteiger partial charge in [-0.2, -0.15) is 0 Å². The van der Waals surface area contributed by atoms with Crippen molar-refractivity contribution in [3.63, 3.8) is 0 Å². The molecule has 0 saturated carbocycles. The molecule has 0 unspecified atom stereocenters. The van der Waals surface area contributed by atoms with Gasteiger partial charge in [0.2, 0.25) is 0 Å². The van der Waals surface area contributed by atoms with Crippen LogP contribution in [-0.4, -0.2) is 0 Å². The standard InChI is InChI=1S/C15H23Br/c1-11(2)6-7-12-8-9-13(14(16)10-12)15(3,4)5/h8-11H,6-7H2,1-5H3. The minimum atomic E-state index is 0.218. The number of halogens is 1. The largest absolute Gasteiger partial charge is 0.0628 e. The van der Waals surface area contributed by atoms with Gasteiger partial charge >= 0.3 is 0 Å². The smallest absolute Gasteiger partial charge is 0.0215 e. The van der Waals surface area contributed by atoms with E-state index < -0.39 is 0 Å². The monoisotopic (exact) mass is 282 g/mol. The van der Waals surface area contributed by atoms with Crippen LogP contribution < -0.4 is 0 Å². The molecule has 0 heterocycles. The highest BCUT2D eigenvalue weighted by molar-refractivity contribution is 9.10. The third-order valence-corrected chi connectivity index (χ3v) is 3.51. The molecule has 0 radical (unpaired) electrons. The van der Waals surface area contributed by atoms with Crippen LogP contribution in [0.25, 0.3) is 0 Å². The van der Waals surface area contributed by atoms with Crippen molar-refractivity contribution < 1.29 is 0 Å². The van der Waals surface area contributed by atoms with Crippen LogP contribution in [0, 0.1) is 5.92 Å². The van der Waals surface area contributed by atoms with Gasteiger partial charge in [-0.1, -0.05) is 62.7 Å². The second-order valence-corrected chi connectivity index (χ2v) is 6.85. The molecule has 0 fully saturated rings. The van der Waals surface area contributed by atoms with Crippen molar-refractivity contribution in [1.29, 1.82) is 0 Å². The van der Waals surface area contributed by atoms with Crippen LogP contribution in [0.4, 0.5) is 0 Å². The van der Waals surface area contributed by atoms with E-state index in [0.717, 1.165) is 5.92 Å². The lowest BCUT2D eigenvalue weighted by atomic mass is 9.86. The van der Waals surface area contributed by atoms with Crippen LogP contribution >= 0.6 is 15.9 Å². The maximum atomic E-state index is 3.69. The van der Waals surface area contributed by atoms with Gasteiger partial charge in [-0.3, -0.25) is 0 Å². The first-order chi connectivity index (χ1) is 7.30. The predicted octanol–water partition coefficient (Wildman–Crippen LogP) is 5.34. The third kappa shape index (κ3) is 3.93. The molecule has 16 heavy (non-hydrogen) atoms. The van der Waals surface area contributed by atoms with Crippen molar-refractivity contribution in [3.05, 3.63) is 33.8 Å². The summed E-state index contributed by atoms with van der Waals surface area (Å²) < 4.78 is 1.25. The molecule has 1 rings (SSSR count). The second-order valence-electron chi connectivity index (χ2n) is 6.00. The molecule has 1 heteroatoms. The number of benzene rings is 1. The first-order valence-corrected chi connectivity index (χ1v) is 6.89. The molecule has 1 aromatic carbocycles. The van der Waals surface area contributed by atoms with E-state index in [1.54, 1.807) is 0 Å². The minimum absolute atomic E-state index is 0.218. The molecule has 0 amide bonds. The van der Waals surface area contributed by atoms with Gasteiger partial charge in [-0.15, -0.1) is 0 Å². The highest BCUT2D eigenvalue weighted by Gasteiger charge is 2.16. The van der Waals surface area contributed by atoms with Gasteiger partial charge in [0.05, 0.1) is 0 Å². The summed E-state index contributed by atoms with van der Waals surface area (Å²) in [6.45, 7) is 11.3. The topological polar surface area (TPSA) is 0 Å². The zero-order valence-electron chi connectivity index (χ0n) is 11.1. The normalized spacial score (nSPS) is 12.2. The quantitative estimate of drug-likeness (QED) is 0.702. The van der Waals surface area contributed by atoms with Crippen LogP contribution in [0.5, 0.6) is 0 Å². The van der Waals surface area contributed by atoms with Gasteiger partial charge < -0.3 is 0 Å². The third-order valence-electron chi connectivity index (χ3n) is 2.85. The Kier molecular flexibility index (Phi) is 4.61. The maximum Gasteiger partial charge on any atom is 0.0215 e. The summed E-state index contributed by atoms with van der Waals surface area (Å²) in [6, 6.07) is 6.82. The van der Waals surface area contributed by atoms with Crippen molar-refractivity contribution in [2.75, 3.05) is 0 Å². The van der Waals surface area contributed by atoms with Crippen LogP contribution in [-0.2, 0) is 11.8 Å². The summed E-state index contributed by atoms with van der Waals surface area (Å²) in [5.74, 6) is 0.779. The summed E-state index contributed by atoms with van der Waals surface area (Å²) in [6.07, 6.45) is 2.45. The van der Waals surface area contributed by atoms with Crippen molar-refractivity contribution >= 4 is 15.9 Å². The molecule has 0 saturated heterocycles. The zero-order chi connectivity index (χ0) is 12.3. The van der Waals surface area contributed by atoms with Gasteiger partial charge in [-0.05, 0) is 41.4 Å². The van der Waals surface area contributed by atoms with E-state index in [4.69, 9.17) is 0 Å². The highest BCUT2D eigenvalue weighted by Crippen LogP contribution is 2.30. The van der Waals surface area contributed by atoms with E-state index >= 15 is 0 Å². The Morgan fingerprint density at radius 1 is 1.19 bits per heavy atom.